The molecule has 0 atom stereocenters. The van der Waals surface area contributed by atoms with Crippen molar-refractivity contribution in [3.8, 4) is 5.75 Å². The molecule has 0 bridgehead atoms. The van der Waals surface area contributed by atoms with Crippen LogP contribution in [0.3, 0.4) is 0 Å². The van der Waals surface area contributed by atoms with Crippen LogP contribution in [0.1, 0.15) is 38.7 Å². The normalized spacial score (nSPS) is 16.7. The average Bonchev–Trinajstić information content (AvgIpc) is 2.62. The van der Waals surface area contributed by atoms with E-state index in [1.807, 2.05) is 32.2 Å². The summed E-state index contributed by atoms with van der Waals surface area (Å²) in [6.45, 7) is 9.02. The van der Waals surface area contributed by atoms with Crippen LogP contribution in [0.25, 0.3) is 0 Å². The number of nitrogens with one attached hydrogen (secondary N) is 2. The number of piperidine rings is 1. The molecule has 2 N–H and O–H groups in total. The Hall–Kier alpha value is -1.46. The second kappa shape index (κ2) is 10.5. The summed E-state index contributed by atoms with van der Waals surface area (Å²) in [6, 6.07) is 6.23. The number of halogens is 1. The van der Waals surface area contributed by atoms with Crippen molar-refractivity contribution in [3.05, 3.63) is 28.8 Å². The van der Waals surface area contributed by atoms with Gasteiger partial charge in [-0.05, 0) is 44.9 Å². The predicted molar refractivity (Wildman–Crippen MR) is 106 cm³/mol. The topological polar surface area (TPSA) is 48.9 Å². The first-order valence-corrected chi connectivity index (χ1v) is 9.64. The van der Waals surface area contributed by atoms with Crippen molar-refractivity contribution in [1.29, 1.82) is 0 Å². The van der Waals surface area contributed by atoms with E-state index >= 15 is 0 Å². The van der Waals surface area contributed by atoms with E-state index in [-0.39, 0.29) is 0 Å². The molecule has 140 valence electrons. The third kappa shape index (κ3) is 6.40. The number of hydrogen-bond acceptors (Lipinski definition) is 3. The largest absolute Gasteiger partial charge is 0.493 e. The zero-order chi connectivity index (χ0) is 18.1. The minimum absolute atomic E-state index is 0.482. The number of likely N-dealkylation sites (tertiary alicyclic amines) is 1. The molecule has 1 aliphatic heterocycles. The van der Waals surface area contributed by atoms with E-state index in [0.717, 1.165) is 43.2 Å². The second-order valence-electron chi connectivity index (χ2n) is 6.37. The van der Waals surface area contributed by atoms with Crippen molar-refractivity contribution in [2.24, 2.45) is 4.99 Å². The van der Waals surface area contributed by atoms with E-state index < -0.39 is 0 Å². The van der Waals surface area contributed by atoms with E-state index in [1.54, 1.807) is 0 Å². The highest BCUT2D eigenvalue weighted by Gasteiger charge is 2.19. The SMILES string of the molecule is CCCN1CCC(NC(=NC)NCc2ccc(Cl)cc2OCC)CC1. The van der Waals surface area contributed by atoms with Gasteiger partial charge < -0.3 is 20.3 Å². The summed E-state index contributed by atoms with van der Waals surface area (Å²) < 4.78 is 5.68. The molecule has 0 aliphatic carbocycles. The minimum Gasteiger partial charge on any atom is -0.493 e. The van der Waals surface area contributed by atoms with Crippen LogP contribution in [0.2, 0.25) is 5.02 Å². The van der Waals surface area contributed by atoms with Gasteiger partial charge in [-0.25, -0.2) is 0 Å². The summed E-state index contributed by atoms with van der Waals surface area (Å²) in [4.78, 5) is 6.90. The summed E-state index contributed by atoms with van der Waals surface area (Å²) in [6.07, 6.45) is 3.54. The molecule has 1 aliphatic rings. The maximum atomic E-state index is 6.07. The van der Waals surface area contributed by atoms with Crippen LogP contribution in [0.15, 0.2) is 23.2 Å². The van der Waals surface area contributed by atoms with Gasteiger partial charge >= 0.3 is 0 Å². The third-order valence-corrected chi connectivity index (χ3v) is 4.70. The van der Waals surface area contributed by atoms with Gasteiger partial charge in [-0.1, -0.05) is 24.6 Å². The number of rotatable bonds is 7. The Bertz CT molecular complexity index is 556. The minimum atomic E-state index is 0.482. The summed E-state index contributed by atoms with van der Waals surface area (Å²) in [7, 11) is 1.81. The molecule has 0 radical (unpaired) electrons. The fourth-order valence-corrected chi connectivity index (χ4v) is 3.31. The Balaban J connectivity index is 1.85. The lowest BCUT2D eigenvalue weighted by molar-refractivity contribution is 0.206. The van der Waals surface area contributed by atoms with E-state index in [4.69, 9.17) is 16.3 Å². The molecule has 2 rings (SSSR count). The number of guanidine groups is 1. The molecular formula is C19H31ClN4O. The lowest BCUT2D eigenvalue weighted by Crippen LogP contribution is -2.48. The molecule has 1 aromatic rings. The molecule has 1 heterocycles. The van der Waals surface area contributed by atoms with Gasteiger partial charge in [0.25, 0.3) is 0 Å². The summed E-state index contributed by atoms with van der Waals surface area (Å²) in [5, 5.41) is 7.63. The molecule has 1 saturated heterocycles. The van der Waals surface area contributed by atoms with Crippen molar-refractivity contribution in [2.45, 2.75) is 45.7 Å². The fourth-order valence-electron chi connectivity index (χ4n) is 3.15. The Morgan fingerprint density at radius 2 is 2.08 bits per heavy atom. The van der Waals surface area contributed by atoms with Crippen molar-refractivity contribution in [1.82, 2.24) is 15.5 Å². The predicted octanol–water partition coefficient (Wildman–Crippen LogP) is 3.28. The molecule has 0 unspecified atom stereocenters. The molecule has 1 aromatic carbocycles. The van der Waals surface area contributed by atoms with Crippen LogP contribution >= 0.6 is 11.6 Å². The third-order valence-electron chi connectivity index (χ3n) is 4.47. The summed E-state index contributed by atoms with van der Waals surface area (Å²) in [5.74, 6) is 1.66. The molecule has 0 aromatic heterocycles. The molecule has 6 heteroatoms. The molecule has 1 fully saturated rings. The van der Waals surface area contributed by atoms with Gasteiger partial charge in [0.2, 0.25) is 0 Å². The Labute approximate surface area is 156 Å². The van der Waals surface area contributed by atoms with Crippen molar-refractivity contribution >= 4 is 17.6 Å². The lowest BCUT2D eigenvalue weighted by Gasteiger charge is -2.32. The average molecular weight is 367 g/mol. The highest BCUT2D eigenvalue weighted by molar-refractivity contribution is 6.30. The van der Waals surface area contributed by atoms with Gasteiger partial charge in [0.15, 0.2) is 5.96 Å². The van der Waals surface area contributed by atoms with E-state index in [9.17, 15) is 0 Å². The summed E-state index contributed by atoms with van der Waals surface area (Å²) >= 11 is 6.07. The van der Waals surface area contributed by atoms with E-state index in [1.165, 1.54) is 13.0 Å². The van der Waals surface area contributed by atoms with Crippen LogP contribution in [0.5, 0.6) is 5.75 Å². The molecule has 0 saturated carbocycles. The van der Waals surface area contributed by atoms with Crippen molar-refractivity contribution in [3.63, 3.8) is 0 Å². The molecule has 25 heavy (non-hydrogen) atoms. The smallest absolute Gasteiger partial charge is 0.191 e. The first-order valence-electron chi connectivity index (χ1n) is 9.27. The molecule has 5 nitrogen and oxygen atoms in total. The number of benzene rings is 1. The van der Waals surface area contributed by atoms with Gasteiger partial charge in [0.1, 0.15) is 5.75 Å². The van der Waals surface area contributed by atoms with Crippen LogP contribution < -0.4 is 15.4 Å². The number of ether oxygens (including phenoxy) is 1. The number of nitrogens with zero attached hydrogens (tertiary/aromatic N) is 2. The molecular weight excluding hydrogens is 336 g/mol. The Morgan fingerprint density at radius 3 is 2.72 bits per heavy atom. The van der Waals surface area contributed by atoms with Crippen LogP contribution in [0.4, 0.5) is 0 Å². The van der Waals surface area contributed by atoms with Crippen molar-refractivity contribution < 1.29 is 4.74 Å². The zero-order valence-electron chi connectivity index (χ0n) is 15.6. The van der Waals surface area contributed by atoms with Crippen LogP contribution in [-0.2, 0) is 6.54 Å². The van der Waals surface area contributed by atoms with Gasteiger partial charge in [-0.15, -0.1) is 0 Å². The standard InChI is InChI=1S/C19H31ClN4O/c1-4-10-24-11-8-17(9-12-24)23-19(21-3)22-14-15-6-7-16(20)13-18(15)25-5-2/h6-7,13,17H,4-5,8-12,14H2,1-3H3,(H2,21,22,23). The zero-order valence-corrected chi connectivity index (χ0v) is 16.4. The second-order valence-corrected chi connectivity index (χ2v) is 6.81. The highest BCUT2D eigenvalue weighted by Crippen LogP contribution is 2.23. The van der Waals surface area contributed by atoms with Gasteiger partial charge in [0.05, 0.1) is 6.61 Å². The van der Waals surface area contributed by atoms with Crippen molar-refractivity contribution in [2.75, 3.05) is 33.3 Å². The van der Waals surface area contributed by atoms with Gasteiger partial charge in [-0.2, -0.15) is 0 Å². The number of hydrogen-bond donors (Lipinski definition) is 2. The Kier molecular flexibility index (Phi) is 8.35. The summed E-state index contributed by atoms with van der Waals surface area (Å²) in [5.41, 5.74) is 1.08. The highest BCUT2D eigenvalue weighted by atomic mass is 35.5. The van der Waals surface area contributed by atoms with Gasteiger partial charge in [0, 0.05) is 43.3 Å². The van der Waals surface area contributed by atoms with E-state index in [0.29, 0.717) is 24.2 Å². The maximum absolute atomic E-state index is 6.07. The van der Waals surface area contributed by atoms with Crippen LogP contribution in [0, 0.1) is 0 Å². The molecule has 0 spiro atoms. The first-order chi connectivity index (χ1) is 12.2. The maximum Gasteiger partial charge on any atom is 0.191 e. The lowest BCUT2D eigenvalue weighted by atomic mass is 10.1. The monoisotopic (exact) mass is 366 g/mol. The quantitative estimate of drug-likeness (QED) is 0.574. The van der Waals surface area contributed by atoms with E-state index in [2.05, 4.69) is 27.4 Å². The Morgan fingerprint density at radius 1 is 1.32 bits per heavy atom. The first kappa shape index (κ1) is 19.9. The van der Waals surface area contributed by atoms with Crippen LogP contribution in [-0.4, -0.2) is 50.2 Å². The number of aliphatic imine (C=N–C) groups is 1. The molecule has 0 amide bonds. The fraction of sp³-hybridized carbons (Fsp3) is 0.632. The van der Waals surface area contributed by atoms with Gasteiger partial charge in [-0.3, -0.25) is 4.99 Å².